The molecule has 1 aliphatic heterocycles. The van der Waals surface area contributed by atoms with Gasteiger partial charge in [-0.1, -0.05) is 24.3 Å². The summed E-state index contributed by atoms with van der Waals surface area (Å²) in [5, 5.41) is 3.26. The Kier molecular flexibility index (Phi) is 7.51. The molecule has 1 amide bonds. The molecule has 2 aromatic carbocycles. The molecule has 1 fully saturated rings. The van der Waals surface area contributed by atoms with Crippen molar-refractivity contribution in [2.75, 3.05) is 46.4 Å². The van der Waals surface area contributed by atoms with Gasteiger partial charge in [0.2, 0.25) is 5.91 Å². The highest BCUT2D eigenvalue weighted by Crippen LogP contribution is 2.52. The Bertz CT molecular complexity index is 975. The number of nitrogens with one attached hydrogen (secondary N) is 1. The first-order chi connectivity index (χ1) is 16.1. The molecule has 1 heterocycles. The number of carbonyl (C=O) groups is 1. The van der Waals surface area contributed by atoms with Crippen molar-refractivity contribution in [2.24, 2.45) is 0 Å². The Labute approximate surface area is 201 Å². The van der Waals surface area contributed by atoms with Crippen LogP contribution in [0.2, 0.25) is 0 Å². The molecule has 2 atom stereocenters. The predicted molar refractivity (Wildman–Crippen MR) is 132 cm³/mol. The summed E-state index contributed by atoms with van der Waals surface area (Å²) in [6.07, 6.45) is 3.83. The summed E-state index contributed by atoms with van der Waals surface area (Å²) in [6, 6.07) is 14.4. The fraction of sp³-hybridized carbons (Fsp3) is 0.500. The first-order valence-corrected chi connectivity index (χ1v) is 12.8. The molecule has 1 saturated heterocycles. The number of benzene rings is 2. The first-order valence-electron chi connectivity index (χ1n) is 11.4. The number of fused-ring (bicyclic) bond motifs is 2. The highest BCUT2D eigenvalue weighted by Gasteiger charge is 2.53. The molecule has 1 aliphatic carbocycles. The van der Waals surface area contributed by atoms with E-state index in [0.29, 0.717) is 5.75 Å². The molecule has 33 heavy (non-hydrogen) atoms. The molecular formula is C26H34N2O4S. The van der Waals surface area contributed by atoms with Crippen LogP contribution in [0, 0.1) is 0 Å². The van der Waals surface area contributed by atoms with Crippen molar-refractivity contribution < 1.29 is 19.0 Å². The lowest BCUT2D eigenvalue weighted by atomic mass is 9.72. The second-order valence-electron chi connectivity index (χ2n) is 8.83. The number of rotatable bonds is 8. The van der Waals surface area contributed by atoms with E-state index in [4.69, 9.17) is 14.2 Å². The van der Waals surface area contributed by atoms with Crippen LogP contribution in [0.5, 0.6) is 11.5 Å². The zero-order chi connectivity index (χ0) is 23.4. The molecule has 0 aromatic heterocycles. The number of hydrogen-bond donors (Lipinski definition) is 1. The van der Waals surface area contributed by atoms with Gasteiger partial charge in [-0.25, -0.2) is 0 Å². The largest absolute Gasteiger partial charge is 0.497 e. The topological polar surface area (TPSA) is 60.0 Å². The number of nitrogens with zero attached hydrogens (tertiary/aromatic N) is 1. The Balaban J connectivity index is 1.55. The molecule has 1 spiro atoms. The molecule has 2 aliphatic rings. The summed E-state index contributed by atoms with van der Waals surface area (Å²) in [4.78, 5) is 15.0. The van der Waals surface area contributed by atoms with Crippen LogP contribution in [0.1, 0.15) is 35.6 Å². The number of thioether (sulfide) groups is 1. The van der Waals surface area contributed by atoms with Crippen LogP contribution in [0.4, 0.5) is 0 Å². The van der Waals surface area contributed by atoms with Crippen LogP contribution in [-0.2, 0) is 21.5 Å². The number of hydrogen-bond acceptors (Lipinski definition) is 6. The zero-order valence-corrected chi connectivity index (χ0v) is 20.7. The standard InChI is InChI=1S/C26H34N2O4S/c1-30-19-9-10-22(31-2)18(15-19)16-28-13-11-26(12-14-28)21-8-6-5-7-20(21)24(25(26)32-3)27-23(29)17-33-4/h5-10,15,24-25H,11-14,16-17H2,1-4H3,(H,27,29)/t24-,25+/m1/s1. The molecule has 0 unspecified atom stereocenters. The lowest BCUT2D eigenvalue weighted by Gasteiger charge is -2.44. The minimum atomic E-state index is -0.115. The quantitative estimate of drug-likeness (QED) is 0.634. The van der Waals surface area contributed by atoms with Gasteiger partial charge in [0.25, 0.3) is 0 Å². The molecule has 2 aromatic rings. The van der Waals surface area contributed by atoms with Gasteiger partial charge in [0.15, 0.2) is 0 Å². The maximum atomic E-state index is 12.5. The third-order valence-electron chi connectivity index (χ3n) is 7.16. The Morgan fingerprint density at radius 2 is 1.88 bits per heavy atom. The van der Waals surface area contributed by atoms with E-state index >= 15 is 0 Å². The van der Waals surface area contributed by atoms with Crippen LogP contribution in [0.15, 0.2) is 42.5 Å². The van der Waals surface area contributed by atoms with Crippen LogP contribution < -0.4 is 14.8 Å². The molecule has 1 N–H and O–H groups in total. The minimum Gasteiger partial charge on any atom is -0.497 e. The van der Waals surface area contributed by atoms with E-state index in [2.05, 4.69) is 40.5 Å². The molecule has 0 radical (unpaired) electrons. The Morgan fingerprint density at radius 3 is 2.55 bits per heavy atom. The predicted octanol–water partition coefficient (Wildman–Crippen LogP) is 3.79. The zero-order valence-electron chi connectivity index (χ0n) is 19.9. The molecular weight excluding hydrogens is 436 g/mol. The fourth-order valence-corrected chi connectivity index (χ4v) is 5.97. The molecule has 6 nitrogen and oxygen atoms in total. The van der Waals surface area contributed by atoms with Crippen LogP contribution in [0.25, 0.3) is 0 Å². The Morgan fingerprint density at radius 1 is 1.12 bits per heavy atom. The number of likely N-dealkylation sites (tertiary alicyclic amines) is 1. The first kappa shape index (κ1) is 23.9. The molecule has 7 heteroatoms. The van der Waals surface area contributed by atoms with E-state index in [1.165, 1.54) is 22.9 Å². The van der Waals surface area contributed by atoms with E-state index in [9.17, 15) is 4.79 Å². The highest BCUT2D eigenvalue weighted by molar-refractivity contribution is 7.99. The second-order valence-corrected chi connectivity index (χ2v) is 9.70. The third kappa shape index (κ3) is 4.59. The maximum absolute atomic E-state index is 12.5. The van der Waals surface area contributed by atoms with E-state index in [-0.39, 0.29) is 23.5 Å². The molecule has 4 rings (SSSR count). The van der Waals surface area contributed by atoms with Gasteiger partial charge >= 0.3 is 0 Å². The average molecular weight is 471 g/mol. The van der Waals surface area contributed by atoms with Gasteiger partial charge in [-0.2, -0.15) is 11.8 Å². The summed E-state index contributed by atoms with van der Waals surface area (Å²) >= 11 is 1.54. The van der Waals surface area contributed by atoms with Gasteiger partial charge in [0, 0.05) is 24.6 Å². The maximum Gasteiger partial charge on any atom is 0.230 e. The molecule has 0 saturated carbocycles. The van der Waals surface area contributed by atoms with Gasteiger partial charge in [0.05, 0.1) is 32.1 Å². The highest BCUT2D eigenvalue weighted by atomic mass is 32.2. The third-order valence-corrected chi connectivity index (χ3v) is 7.71. The van der Waals surface area contributed by atoms with Gasteiger partial charge in [-0.3, -0.25) is 9.69 Å². The van der Waals surface area contributed by atoms with Gasteiger partial charge in [-0.05, 0) is 61.5 Å². The normalized spacial score (nSPS) is 21.6. The van der Waals surface area contributed by atoms with Crippen molar-refractivity contribution in [1.29, 1.82) is 0 Å². The van der Waals surface area contributed by atoms with Crippen molar-refractivity contribution >= 4 is 17.7 Å². The summed E-state index contributed by atoms with van der Waals surface area (Å²) in [5.41, 5.74) is 3.55. The van der Waals surface area contributed by atoms with Gasteiger partial charge in [-0.15, -0.1) is 0 Å². The second kappa shape index (κ2) is 10.4. The van der Waals surface area contributed by atoms with Gasteiger partial charge < -0.3 is 19.5 Å². The summed E-state index contributed by atoms with van der Waals surface area (Å²) in [5.74, 6) is 2.24. The van der Waals surface area contributed by atoms with Crippen molar-refractivity contribution in [3.05, 3.63) is 59.2 Å². The number of piperidine rings is 1. The Hall–Kier alpha value is -2.22. The smallest absolute Gasteiger partial charge is 0.230 e. The number of carbonyl (C=O) groups excluding carboxylic acids is 1. The molecule has 0 bridgehead atoms. The van der Waals surface area contributed by atoms with Gasteiger partial charge in [0.1, 0.15) is 11.5 Å². The van der Waals surface area contributed by atoms with E-state index in [0.717, 1.165) is 49.5 Å². The summed E-state index contributed by atoms with van der Waals surface area (Å²) < 4.78 is 17.1. The molecule has 178 valence electrons. The number of methoxy groups -OCH3 is 3. The number of ether oxygens (including phenoxy) is 3. The van der Waals surface area contributed by atoms with Crippen LogP contribution in [0.3, 0.4) is 0 Å². The van der Waals surface area contributed by atoms with Crippen molar-refractivity contribution in [3.8, 4) is 11.5 Å². The SMILES string of the molecule is COc1ccc(OC)c(CN2CCC3(CC2)c2ccccc2[C@@H](NC(=O)CSC)[C@@H]3OC)c1. The lowest BCUT2D eigenvalue weighted by molar-refractivity contribution is -0.121. The fourth-order valence-electron chi connectivity index (χ4n) is 5.63. The summed E-state index contributed by atoms with van der Waals surface area (Å²) in [6.45, 7) is 2.70. The monoisotopic (exact) mass is 470 g/mol. The van der Waals surface area contributed by atoms with Crippen molar-refractivity contribution in [3.63, 3.8) is 0 Å². The van der Waals surface area contributed by atoms with Crippen molar-refractivity contribution in [2.45, 2.75) is 36.9 Å². The minimum absolute atomic E-state index is 0.0592. The van der Waals surface area contributed by atoms with Crippen LogP contribution in [-0.4, -0.2) is 63.3 Å². The summed E-state index contributed by atoms with van der Waals surface area (Å²) in [7, 11) is 5.17. The van der Waals surface area contributed by atoms with Crippen LogP contribution >= 0.6 is 11.8 Å². The average Bonchev–Trinajstić information content (AvgIpc) is 3.09. The van der Waals surface area contributed by atoms with E-state index in [1.54, 1.807) is 21.3 Å². The van der Waals surface area contributed by atoms with Crippen molar-refractivity contribution in [1.82, 2.24) is 10.2 Å². The lowest BCUT2D eigenvalue weighted by Crippen LogP contribution is -2.50. The number of amides is 1. The van der Waals surface area contributed by atoms with E-state index in [1.807, 2.05) is 18.4 Å². The van der Waals surface area contributed by atoms with E-state index < -0.39 is 0 Å².